The lowest BCUT2D eigenvalue weighted by Crippen LogP contribution is -2.03. The summed E-state index contributed by atoms with van der Waals surface area (Å²) < 4.78 is 5.74. The molecule has 2 aromatic carbocycles. The summed E-state index contributed by atoms with van der Waals surface area (Å²) in [6.45, 7) is 0. The highest BCUT2D eigenvalue weighted by Gasteiger charge is 2.22. The third-order valence-electron chi connectivity index (χ3n) is 3.11. The summed E-state index contributed by atoms with van der Waals surface area (Å²) in [6.07, 6.45) is 1.93. The predicted molar refractivity (Wildman–Crippen MR) is 79.9 cm³/mol. The molecule has 0 spiro atoms. The Balaban J connectivity index is 2.09. The van der Waals surface area contributed by atoms with Crippen LogP contribution in [0.4, 0.5) is 0 Å². The molecule has 0 aliphatic rings. The Kier molecular flexibility index (Phi) is 3.83. The fraction of sp³-hybridized carbons (Fsp3) is 0.125. The van der Waals surface area contributed by atoms with Crippen LogP contribution in [-0.2, 0) is 0 Å². The predicted octanol–water partition coefficient (Wildman–Crippen LogP) is 3.97. The van der Waals surface area contributed by atoms with Crippen LogP contribution in [0.3, 0.4) is 0 Å². The number of nitrogens with zero attached hydrogens (tertiary/aromatic N) is 2. The topological polar surface area (TPSA) is 38.9 Å². The number of thioether (sulfide) groups is 1. The smallest absolute Gasteiger partial charge is 0.276 e. The Morgan fingerprint density at radius 1 is 0.850 bits per heavy atom. The number of rotatable bonds is 4. The summed E-state index contributed by atoms with van der Waals surface area (Å²) in [7, 11) is 0. The van der Waals surface area contributed by atoms with Crippen molar-refractivity contribution < 1.29 is 4.42 Å². The van der Waals surface area contributed by atoms with Gasteiger partial charge in [0.25, 0.3) is 5.22 Å². The number of benzene rings is 2. The van der Waals surface area contributed by atoms with Crippen LogP contribution in [0, 0.1) is 0 Å². The molecule has 0 unspecified atom stereocenters. The molecule has 0 saturated heterocycles. The molecule has 1 aromatic heterocycles. The number of aromatic nitrogens is 2. The first kappa shape index (κ1) is 12.9. The quantitative estimate of drug-likeness (QED) is 0.679. The van der Waals surface area contributed by atoms with Gasteiger partial charge in [-0.1, -0.05) is 72.4 Å². The molecular weight excluding hydrogens is 268 g/mol. The molecule has 3 nitrogen and oxygen atoms in total. The van der Waals surface area contributed by atoms with Crippen molar-refractivity contribution in [3.63, 3.8) is 0 Å². The van der Waals surface area contributed by atoms with Crippen molar-refractivity contribution in [1.82, 2.24) is 10.2 Å². The van der Waals surface area contributed by atoms with E-state index in [1.165, 1.54) is 11.8 Å². The van der Waals surface area contributed by atoms with E-state index < -0.39 is 0 Å². The van der Waals surface area contributed by atoms with Crippen LogP contribution in [-0.4, -0.2) is 16.5 Å². The van der Waals surface area contributed by atoms with E-state index in [-0.39, 0.29) is 5.92 Å². The molecule has 0 saturated carbocycles. The molecule has 4 heteroatoms. The van der Waals surface area contributed by atoms with Gasteiger partial charge in [-0.3, -0.25) is 0 Å². The molecule has 100 valence electrons. The average molecular weight is 282 g/mol. The SMILES string of the molecule is CSc1nnc(C(c2ccccc2)c2ccccc2)o1. The van der Waals surface area contributed by atoms with Crippen molar-refractivity contribution in [2.75, 3.05) is 6.26 Å². The van der Waals surface area contributed by atoms with E-state index in [0.29, 0.717) is 11.1 Å². The molecule has 0 aliphatic heterocycles. The van der Waals surface area contributed by atoms with Crippen molar-refractivity contribution in [1.29, 1.82) is 0 Å². The third-order valence-corrected chi connectivity index (χ3v) is 3.62. The van der Waals surface area contributed by atoms with Gasteiger partial charge in [0.15, 0.2) is 0 Å². The van der Waals surface area contributed by atoms with E-state index >= 15 is 0 Å². The minimum atomic E-state index is -0.0224. The zero-order valence-electron chi connectivity index (χ0n) is 11.1. The van der Waals surface area contributed by atoms with Crippen LogP contribution in [0.5, 0.6) is 0 Å². The lowest BCUT2D eigenvalue weighted by atomic mass is 9.91. The van der Waals surface area contributed by atoms with Crippen LogP contribution in [0.15, 0.2) is 70.3 Å². The van der Waals surface area contributed by atoms with Gasteiger partial charge in [0.05, 0.1) is 5.92 Å². The van der Waals surface area contributed by atoms with Gasteiger partial charge in [0, 0.05) is 0 Å². The lowest BCUT2D eigenvalue weighted by molar-refractivity contribution is 0.409. The Bertz CT molecular complexity index is 628. The molecule has 0 fully saturated rings. The summed E-state index contributed by atoms with van der Waals surface area (Å²) in [5, 5.41) is 8.85. The lowest BCUT2D eigenvalue weighted by Gasteiger charge is -2.13. The Morgan fingerprint density at radius 3 is 1.85 bits per heavy atom. The molecule has 0 N–H and O–H groups in total. The van der Waals surface area contributed by atoms with Crippen molar-refractivity contribution in [2.24, 2.45) is 0 Å². The Morgan fingerprint density at radius 2 is 1.40 bits per heavy atom. The summed E-state index contributed by atoms with van der Waals surface area (Å²) in [5.74, 6) is 0.609. The van der Waals surface area contributed by atoms with Crippen molar-refractivity contribution in [2.45, 2.75) is 11.1 Å². The summed E-state index contributed by atoms with van der Waals surface area (Å²) >= 11 is 1.46. The standard InChI is InChI=1S/C16H14N2OS/c1-20-16-18-17-15(19-16)14(12-8-4-2-5-9-12)13-10-6-3-7-11-13/h2-11,14H,1H3. The van der Waals surface area contributed by atoms with Gasteiger partial charge in [-0.2, -0.15) is 0 Å². The van der Waals surface area contributed by atoms with Crippen LogP contribution in [0.2, 0.25) is 0 Å². The summed E-state index contributed by atoms with van der Waals surface area (Å²) in [5.41, 5.74) is 2.30. The first-order valence-corrected chi connectivity index (χ1v) is 7.58. The minimum absolute atomic E-state index is 0.0224. The van der Waals surface area contributed by atoms with E-state index in [4.69, 9.17) is 4.42 Å². The van der Waals surface area contributed by atoms with Crippen molar-refractivity contribution in [3.05, 3.63) is 77.7 Å². The first-order valence-electron chi connectivity index (χ1n) is 6.36. The fourth-order valence-electron chi connectivity index (χ4n) is 2.19. The van der Waals surface area contributed by atoms with Crippen LogP contribution in [0.1, 0.15) is 22.9 Å². The van der Waals surface area contributed by atoms with E-state index in [2.05, 4.69) is 34.5 Å². The molecule has 0 bridgehead atoms. The molecule has 3 aromatic rings. The number of hydrogen-bond donors (Lipinski definition) is 0. The first-order chi connectivity index (χ1) is 9.88. The second kappa shape index (κ2) is 5.92. The van der Waals surface area contributed by atoms with E-state index in [0.717, 1.165) is 11.1 Å². The molecule has 3 rings (SSSR count). The second-order valence-corrected chi connectivity index (χ2v) is 5.12. The normalized spacial score (nSPS) is 10.9. The van der Waals surface area contributed by atoms with Gasteiger partial charge in [0.1, 0.15) is 0 Å². The Hall–Kier alpha value is -2.07. The van der Waals surface area contributed by atoms with Crippen molar-refractivity contribution in [3.8, 4) is 0 Å². The molecule has 0 atom stereocenters. The highest BCUT2D eigenvalue weighted by molar-refractivity contribution is 7.98. The van der Waals surface area contributed by atoms with Crippen molar-refractivity contribution >= 4 is 11.8 Å². The second-order valence-electron chi connectivity index (χ2n) is 4.36. The minimum Gasteiger partial charge on any atom is -0.415 e. The molecule has 20 heavy (non-hydrogen) atoms. The highest BCUT2D eigenvalue weighted by atomic mass is 32.2. The average Bonchev–Trinajstić information content (AvgIpc) is 2.98. The van der Waals surface area contributed by atoms with Gasteiger partial charge >= 0.3 is 0 Å². The zero-order valence-corrected chi connectivity index (χ0v) is 11.9. The largest absolute Gasteiger partial charge is 0.415 e. The van der Waals surface area contributed by atoms with E-state index in [9.17, 15) is 0 Å². The maximum atomic E-state index is 5.74. The van der Waals surface area contributed by atoms with Gasteiger partial charge in [0.2, 0.25) is 5.89 Å². The zero-order chi connectivity index (χ0) is 13.8. The van der Waals surface area contributed by atoms with Crippen LogP contribution in [0.25, 0.3) is 0 Å². The van der Waals surface area contributed by atoms with Crippen LogP contribution < -0.4 is 0 Å². The third kappa shape index (κ3) is 2.60. The summed E-state index contributed by atoms with van der Waals surface area (Å²) in [4.78, 5) is 0. The van der Waals surface area contributed by atoms with E-state index in [1.807, 2.05) is 42.7 Å². The fourth-order valence-corrected chi connectivity index (χ4v) is 2.48. The maximum absolute atomic E-state index is 5.74. The monoisotopic (exact) mass is 282 g/mol. The molecule has 1 heterocycles. The molecule has 0 aliphatic carbocycles. The summed E-state index contributed by atoms with van der Waals surface area (Å²) in [6, 6.07) is 20.4. The van der Waals surface area contributed by atoms with Crippen LogP contribution >= 0.6 is 11.8 Å². The van der Waals surface area contributed by atoms with Gasteiger partial charge in [-0.25, -0.2) is 0 Å². The molecule has 0 radical (unpaired) electrons. The Labute approximate surface area is 122 Å². The molecular formula is C16H14N2OS. The highest BCUT2D eigenvalue weighted by Crippen LogP contribution is 2.31. The van der Waals surface area contributed by atoms with Gasteiger partial charge in [-0.05, 0) is 17.4 Å². The van der Waals surface area contributed by atoms with Gasteiger partial charge < -0.3 is 4.42 Å². The van der Waals surface area contributed by atoms with Gasteiger partial charge in [-0.15, -0.1) is 10.2 Å². The number of hydrogen-bond acceptors (Lipinski definition) is 4. The van der Waals surface area contributed by atoms with E-state index in [1.54, 1.807) is 0 Å². The molecule has 0 amide bonds. The maximum Gasteiger partial charge on any atom is 0.276 e.